The minimum atomic E-state index is 0.0594. The van der Waals surface area contributed by atoms with Gasteiger partial charge in [-0.15, -0.1) is 0 Å². The van der Waals surface area contributed by atoms with Crippen LogP contribution >= 0.6 is 0 Å². The highest BCUT2D eigenvalue weighted by atomic mass is 16.2. The molecule has 1 aliphatic rings. The number of para-hydroxylation sites is 1. The van der Waals surface area contributed by atoms with Crippen LogP contribution in [0, 0.1) is 0 Å². The topological polar surface area (TPSA) is 49.6 Å². The van der Waals surface area contributed by atoms with Gasteiger partial charge < -0.3 is 10.6 Å². The molecule has 0 saturated heterocycles. The first-order valence-electron chi connectivity index (χ1n) is 7.10. The van der Waals surface area contributed by atoms with Crippen LogP contribution in [0.15, 0.2) is 48.5 Å². The molecule has 4 nitrogen and oxygen atoms in total. The van der Waals surface area contributed by atoms with E-state index in [1.807, 2.05) is 54.4 Å². The van der Waals surface area contributed by atoms with Gasteiger partial charge in [0, 0.05) is 25.8 Å². The number of carbonyl (C=O) groups is 1. The van der Waals surface area contributed by atoms with Crippen molar-refractivity contribution in [3.63, 3.8) is 0 Å². The molecule has 108 valence electrons. The van der Waals surface area contributed by atoms with Gasteiger partial charge in [0.05, 0.1) is 5.69 Å². The zero-order valence-corrected chi connectivity index (χ0v) is 12.1. The summed E-state index contributed by atoms with van der Waals surface area (Å²) in [4.78, 5) is 16.0. The molecule has 1 heterocycles. The maximum Gasteiger partial charge on any atom is 0.324 e. The summed E-state index contributed by atoms with van der Waals surface area (Å²) in [6, 6.07) is 16.0. The largest absolute Gasteiger partial charge is 0.399 e. The van der Waals surface area contributed by atoms with Crippen LogP contribution in [0.4, 0.5) is 16.2 Å². The lowest BCUT2D eigenvalue weighted by Crippen LogP contribution is -2.46. The molecule has 2 amide bonds. The van der Waals surface area contributed by atoms with Gasteiger partial charge in [-0.05, 0) is 35.7 Å². The zero-order valence-electron chi connectivity index (χ0n) is 12.1. The van der Waals surface area contributed by atoms with E-state index in [4.69, 9.17) is 5.73 Å². The van der Waals surface area contributed by atoms with E-state index in [1.54, 1.807) is 4.90 Å². The number of hydrogen-bond donors (Lipinski definition) is 1. The Balaban J connectivity index is 1.80. The molecule has 3 rings (SSSR count). The number of rotatable bonds is 3. The molecule has 21 heavy (non-hydrogen) atoms. The van der Waals surface area contributed by atoms with Crippen LogP contribution in [0.25, 0.3) is 0 Å². The Bertz CT molecular complexity index is 651. The fourth-order valence-corrected chi connectivity index (χ4v) is 2.68. The molecule has 0 saturated carbocycles. The van der Waals surface area contributed by atoms with Crippen molar-refractivity contribution in [2.45, 2.75) is 13.0 Å². The van der Waals surface area contributed by atoms with Gasteiger partial charge in [0.1, 0.15) is 0 Å². The van der Waals surface area contributed by atoms with Crippen molar-refractivity contribution in [2.24, 2.45) is 0 Å². The molecule has 2 aromatic rings. The zero-order chi connectivity index (χ0) is 14.8. The predicted octanol–water partition coefficient (Wildman–Crippen LogP) is 2.88. The summed E-state index contributed by atoms with van der Waals surface area (Å²) in [5, 5.41) is 0. The molecule has 2 aromatic carbocycles. The van der Waals surface area contributed by atoms with Gasteiger partial charge in [-0.25, -0.2) is 4.79 Å². The van der Waals surface area contributed by atoms with E-state index in [2.05, 4.69) is 6.07 Å². The molecule has 2 N–H and O–H groups in total. The van der Waals surface area contributed by atoms with Gasteiger partial charge in [-0.2, -0.15) is 0 Å². The summed E-state index contributed by atoms with van der Waals surface area (Å²) in [5.41, 5.74) is 9.86. The van der Waals surface area contributed by atoms with Crippen LogP contribution in [0.2, 0.25) is 0 Å². The van der Waals surface area contributed by atoms with E-state index in [0.29, 0.717) is 13.1 Å². The third kappa shape index (κ3) is 2.70. The molecular formula is C17H19N3O. The Labute approximate surface area is 124 Å². The Morgan fingerprint density at radius 3 is 2.57 bits per heavy atom. The summed E-state index contributed by atoms with van der Waals surface area (Å²) >= 11 is 0. The van der Waals surface area contributed by atoms with E-state index in [0.717, 1.165) is 17.8 Å². The van der Waals surface area contributed by atoms with Crippen molar-refractivity contribution in [1.82, 2.24) is 4.90 Å². The van der Waals surface area contributed by atoms with Crippen LogP contribution in [0.3, 0.4) is 0 Å². The summed E-state index contributed by atoms with van der Waals surface area (Å²) < 4.78 is 0. The molecule has 0 fully saturated rings. The van der Waals surface area contributed by atoms with Crippen molar-refractivity contribution in [3.05, 3.63) is 59.7 Å². The van der Waals surface area contributed by atoms with E-state index in [1.165, 1.54) is 11.1 Å². The molecule has 4 heteroatoms. The van der Waals surface area contributed by atoms with Crippen molar-refractivity contribution in [3.8, 4) is 0 Å². The second kappa shape index (κ2) is 5.48. The van der Waals surface area contributed by atoms with Crippen LogP contribution in [-0.2, 0) is 13.0 Å². The summed E-state index contributed by atoms with van der Waals surface area (Å²) in [6.45, 7) is 1.34. The number of amides is 2. The second-order valence-electron chi connectivity index (χ2n) is 5.41. The number of nitrogen functional groups attached to an aromatic ring is 1. The summed E-state index contributed by atoms with van der Waals surface area (Å²) in [6.07, 6.45) is 0.814. The average molecular weight is 281 g/mol. The maximum atomic E-state index is 12.4. The van der Waals surface area contributed by atoms with Gasteiger partial charge in [0.25, 0.3) is 0 Å². The quantitative estimate of drug-likeness (QED) is 0.879. The van der Waals surface area contributed by atoms with E-state index in [-0.39, 0.29) is 6.03 Å². The lowest BCUT2D eigenvalue weighted by atomic mass is 10.1. The molecule has 0 unspecified atom stereocenters. The fourth-order valence-electron chi connectivity index (χ4n) is 2.68. The monoisotopic (exact) mass is 281 g/mol. The lowest BCUT2D eigenvalue weighted by Gasteiger charge is -2.35. The number of hydrogen-bond acceptors (Lipinski definition) is 2. The smallest absolute Gasteiger partial charge is 0.324 e. The standard InChI is InChI=1S/C17H19N3O/c1-19-12-14-4-2-3-5-16(14)20(17(19)21)11-10-13-6-8-15(18)9-7-13/h2-9H,10-12,18H2,1H3. The highest BCUT2D eigenvalue weighted by Crippen LogP contribution is 2.27. The minimum absolute atomic E-state index is 0.0594. The molecule has 0 aliphatic carbocycles. The van der Waals surface area contributed by atoms with Crippen molar-refractivity contribution >= 4 is 17.4 Å². The van der Waals surface area contributed by atoms with Crippen LogP contribution in [0.1, 0.15) is 11.1 Å². The molecule has 1 aliphatic heterocycles. The Morgan fingerprint density at radius 1 is 1.10 bits per heavy atom. The molecule has 0 aromatic heterocycles. The number of carbonyl (C=O) groups excluding carboxylic acids is 1. The Morgan fingerprint density at radius 2 is 1.81 bits per heavy atom. The highest BCUT2D eigenvalue weighted by Gasteiger charge is 2.27. The number of anilines is 2. The number of urea groups is 1. The Kier molecular flexibility index (Phi) is 3.52. The normalized spacial score (nSPS) is 14.2. The number of benzene rings is 2. The van der Waals surface area contributed by atoms with E-state index < -0.39 is 0 Å². The minimum Gasteiger partial charge on any atom is -0.399 e. The van der Waals surface area contributed by atoms with Gasteiger partial charge in [-0.3, -0.25) is 4.90 Å². The van der Waals surface area contributed by atoms with Crippen molar-refractivity contribution in [1.29, 1.82) is 0 Å². The molecule has 0 atom stereocenters. The van der Waals surface area contributed by atoms with E-state index >= 15 is 0 Å². The molecule has 0 bridgehead atoms. The van der Waals surface area contributed by atoms with Crippen molar-refractivity contribution in [2.75, 3.05) is 24.2 Å². The summed E-state index contributed by atoms with van der Waals surface area (Å²) in [5.74, 6) is 0. The van der Waals surface area contributed by atoms with Crippen molar-refractivity contribution < 1.29 is 4.79 Å². The first-order valence-corrected chi connectivity index (χ1v) is 7.10. The van der Waals surface area contributed by atoms with E-state index in [9.17, 15) is 4.79 Å². The summed E-state index contributed by atoms with van der Waals surface area (Å²) in [7, 11) is 1.84. The third-order valence-corrected chi connectivity index (χ3v) is 3.85. The van der Waals surface area contributed by atoms with Crippen LogP contribution in [-0.4, -0.2) is 24.5 Å². The first kappa shape index (κ1) is 13.5. The fraction of sp³-hybridized carbons (Fsp3) is 0.235. The molecule has 0 radical (unpaired) electrons. The van der Waals surface area contributed by atoms with Crippen LogP contribution < -0.4 is 10.6 Å². The van der Waals surface area contributed by atoms with Gasteiger partial charge in [0.15, 0.2) is 0 Å². The highest BCUT2D eigenvalue weighted by molar-refractivity contribution is 5.94. The maximum absolute atomic E-state index is 12.4. The third-order valence-electron chi connectivity index (χ3n) is 3.85. The first-order chi connectivity index (χ1) is 10.1. The number of nitrogens with zero attached hydrogens (tertiary/aromatic N) is 2. The number of nitrogens with two attached hydrogens (primary N) is 1. The van der Waals surface area contributed by atoms with Crippen LogP contribution in [0.5, 0.6) is 0 Å². The van der Waals surface area contributed by atoms with Gasteiger partial charge >= 0.3 is 6.03 Å². The average Bonchev–Trinajstić information content (AvgIpc) is 2.49. The number of fused-ring (bicyclic) bond motifs is 1. The molecule has 0 spiro atoms. The van der Waals surface area contributed by atoms with Gasteiger partial charge in [0.2, 0.25) is 0 Å². The predicted molar refractivity (Wildman–Crippen MR) is 85.2 cm³/mol. The Hall–Kier alpha value is -2.49. The van der Waals surface area contributed by atoms with Gasteiger partial charge in [-0.1, -0.05) is 30.3 Å². The SMILES string of the molecule is CN1Cc2ccccc2N(CCc2ccc(N)cc2)C1=O. The molecular weight excluding hydrogens is 262 g/mol. The second-order valence-corrected chi connectivity index (χ2v) is 5.41. The lowest BCUT2D eigenvalue weighted by molar-refractivity contribution is 0.210.